The van der Waals surface area contributed by atoms with Gasteiger partial charge >= 0.3 is 5.97 Å². The standard InChI is InChI=1S/C9H9ClO2/c1-7(11)12-6-8-4-2-3-5-9(8)10/h2-5H,6H2,1H3. The van der Waals surface area contributed by atoms with Crippen LogP contribution in [0.4, 0.5) is 0 Å². The Hall–Kier alpha value is -1.02. The Morgan fingerprint density at radius 3 is 2.75 bits per heavy atom. The van der Waals surface area contributed by atoms with Crippen LogP contribution in [0.5, 0.6) is 0 Å². The summed E-state index contributed by atoms with van der Waals surface area (Å²) in [4.78, 5) is 10.5. The molecule has 0 radical (unpaired) electrons. The molecule has 1 aromatic carbocycles. The number of hydrogen-bond donors (Lipinski definition) is 0. The molecule has 0 aliphatic rings. The second-order valence-electron chi connectivity index (χ2n) is 2.37. The predicted molar refractivity (Wildman–Crippen MR) is 46.9 cm³/mol. The second-order valence-corrected chi connectivity index (χ2v) is 2.78. The van der Waals surface area contributed by atoms with Crippen molar-refractivity contribution < 1.29 is 9.53 Å². The molecular formula is C9H9ClO2. The zero-order chi connectivity index (χ0) is 8.97. The third kappa shape index (κ3) is 2.55. The lowest BCUT2D eigenvalue weighted by atomic mass is 10.2. The normalized spacial score (nSPS) is 9.50. The van der Waals surface area contributed by atoms with Crippen LogP contribution in [0.2, 0.25) is 5.02 Å². The van der Waals surface area contributed by atoms with Gasteiger partial charge < -0.3 is 4.74 Å². The molecule has 2 nitrogen and oxygen atoms in total. The van der Waals surface area contributed by atoms with E-state index in [9.17, 15) is 4.79 Å². The number of hydrogen-bond acceptors (Lipinski definition) is 2. The topological polar surface area (TPSA) is 26.3 Å². The fourth-order valence-electron chi connectivity index (χ4n) is 0.795. The van der Waals surface area contributed by atoms with Crippen molar-refractivity contribution in [2.75, 3.05) is 0 Å². The number of ether oxygens (including phenoxy) is 1. The Morgan fingerprint density at radius 2 is 2.17 bits per heavy atom. The number of carbonyl (C=O) groups is 1. The van der Waals surface area contributed by atoms with E-state index in [1.54, 1.807) is 6.07 Å². The fourth-order valence-corrected chi connectivity index (χ4v) is 0.985. The molecule has 0 aromatic heterocycles. The molecule has 0 aliphatic heterocycles. The minimum atomic E-state index is -0.296. The van der Waals surface area contributed by atoms with Crippen molar-refractivity contribution in [3.63, 3.8) is 0 Å². The lowest BCUT2D eigenvalue weighted by Crippen LogP contribution is -1.98. The van der Waals surface area contributed by atoms with Crippen LogP contribution >= 0.6 is 11.6 Å². The van der Waals surface area contributed by atoms with Gasteiger partial charge in [-0.05, 0) is 6.07 Å². The Morgan fingerprint density at radius 1 is 1.50 bits per heavy atom. The van der Waals surface area contributed by atoms with Crippen LogP contribution in [0, 0.1) is 0 Å². The molecule has 0 bridgehead atoms. The van der Waals surface area contributed by atoms with Crippen LogP contribution in [0.15, 0.2) is 24.3 Å². The van der Waals surface area contributed by atoms with E-state index in [1.807, 2.05) is 18.2 Å². The number of rotatable bonds is 2. The molecule has 0 spiro atoms. The number of esters is 1. The highest BCUT2D eigenvalue weighted by Crippen LogP contribution is 2.15. The maximum Gasteiger partial charge on any atom is 0.302 e. The summed E-state index contributed by atoms with van der Waals surface area (Å²) in [6.45, 7) is 1.62. The monoisotopic (exact) mass is 184 g/mol. The van der Waals surface area contributed by atoms with E-state index in [-0.39, 0.29) is 12.6 Å². The van der Waals surface area contributed by atoms with Crippen molar-refractivity contribution in [3.8, 4) is 0 Å². The SMILES string of the molecule is CC(=O)OCc1ccccc1Cl. The maximum absolute atomic E-state index is 10.5. The van der Waals surface area contributed by atoms with Crippen LogP contribution < -0.4 is 0 Å². The van der Waals surface area contributed by atoms with Gasteiger partial charge in [0.15, 0.2) is 0 Å². The van der Waals surface area contributed by atoms with Gasteiger partial charge in [-0.15, -0.1) is 0 Å². The lowest BCUT2D eigenvalue weighted by molar-refractivity contribution is -0.142. The van der Waals surface area contributed by atoms with Gasteiger partial charge in [0.1, 0.15) is 6.61 Å². The lowest BCUT2D eigenvalue weighted by Gasteiger charge is -2.02. The van der Waals surface area contributed by atoms with Crippen molar-refractivity contribution in [1.29, 1.82) is 0 Å². The molecule has 0 amide bonds. The van der Waals surface area contributed by atoms with Gasteiger partial charge in [0.25, 0.3) is 0 Å². The highest BCUT2D eigenvalue weighted by atomic mass is 35.5. The fraction of sp³-hybridized carbons (Fsp3) is 0.222. The van der Waals surface area contributed by atoms with Gasteiger partial charge in [-0.25, -0.2) is 0 Å². The van der Waals surface area contributed by atoms with Crippen molar-refractivity contribution in [3.05, 3.63) is 34.9 Å². The largest absolute Gasteiger partial charge is 0.461 e. The zero-order valence-corrected chi connectivity index (χ0v) is 7.47. The van der Waals surface area contributed by atoms with E-state index in [1.165, 1.54) is 6.92 Å². The van der Waals surface area contributed by atoms with Crippen LogP contribution in [0.25, 0.3) is 0 Å². The average Bonchev–Trinajstić information content (AvgIpc) is 2.03. The van der Waals surface area contributed by atoms with E-state index in [0.717, 1.165) is 5.56 Å². The molecule has 0 heterocycles. The summed E-state index contributed by atoms with van der Waals surface area (Å²) in [5.74, 6) is -0.296. The minimum absolute atomic E-state index is 0.245. The smallest absolute Gasteiger partial charge is 0.302 e. The van der Waals surface area contributed by atoms with Gasteiger partial charge in [-0.1, -0.05) is 29.8 Å². The molecule has 0 saturated carbocycles. The van der Waals surface area contributed by atoms with Crippen LogP contribution in [-0.4, -0.2) is 5.97 Å². The highest BCUT2D eigenvalue weighted by Gasteiger charge is 1.99. The summed E-state index contributed by atoms with van der Waals surface area (Å²) in [6, 6.07) is 7.27. The summed E-state index contributed by atoms with van der Waals surface area (Å²) in [5, 5.41) is 0.624. The van der Waals surface area contributed by atoms with Gasteiger partial charge in [-0.2, -0.15) is 0 Å². The predicted octanol–water partition coefficient (Wildman–Crippen LogP) is 2.40. The van der Waals surface area contributed by atoms with Crippen molar-refractivity contribution in [2.45, 2.75) is 13.5 Å². The third-order valence-electron chi connectivity index (χ3n) is 1.39. The van der Waals surface area contributed by atoms with Crippen LogP contribution in [0.3, 0.4) is 0 Å². The summed E-state index contributed by atoms with van der Waals surface area (Å²) in [5.41, 5.74) is 0.828. The Bertz CT molecular complexity index is 284. The quantitative estimate of drug-likeness (QED) is 0.660. The van der Waals surface area contributed by atoms with Gasteiger partial charge in [0, 0.05) is 17.5 Å². The van der Waals surface area contributed by atoms with E-state index in [2.05, 4.69) is 0 Å². The zero-order valence-electron chi connectivity index (χ0n) is 6.71. The first-order valence-corrected chi connectivity index (χ1v) is 3.94. The van der Waals surface area contributed by atoms with Crippen molar-refractivity contribution in [2.24, 2.45) is 0 Å². The first kappa shape index (κ1) is 9.07. The van der Waals surface area contributed by atoms with E-state index in [0.29, 0.717) is 5.02 Å². The first-order chi connectivity index (χ1) is 5.70. The van der Waals surface area contributed by atoms with Crippen LogP contribution in [-0.2, 0) is 16.1 Å². The highest BCUT2D eigenvalue weighted by molar-refractivity contribution is 6.31. The molecule has 12 heavy (non-hydrogen) atoms. The van der Waals surface area contributed by atoms with Gasteiger partial charge in [0.05, 0.1) is 0 Å². The van der Waals surface area contributed by atoms with Crippen molar-refractivity contribution in [1.82, 2.24) is 0 Å². The first-order valence-electron chi connectivity index (χ1n) is 3.57. The summed E-state index contributed by atoms with van der Waals surface area (Å²) < 4.78 is 4.79. The Labute approximate surface area is 76.1 Å². The molecule has 0 N–H and O–H groups in total. The van der Waals surface area contributed by atoms with E-state index < -0.39 is 0 Å². The molecule has 3 heteroatoms. The summed E-state index contributed by atoms with van der Waals surface area (Å²) in [6.07, 6.45) is 0. The molecule has 0 unspecified atom stereocenters. The number of carbonyl (C=O) groups excluding carboxylic acids is 1. The molecule has 0 saturated heterocycles. The summed E-state index contributed by atoms with van der Waals surface area (Å²) >= 11 is 5.82. The summed E-state index contributed by atoms with van der Waals surface area (Å²) in [7, 11) is 0. The van der Waals surface area contributed by atoms with E-state index >= 15 is 0 Å². The van der Waals surface area contributed by atoms with Gasteiger partial charge in [-0.3, -0.25) is 4.79 Å². The molecule has 1 rings (SSSR count). The maximum atomic E-state index is 10.5. The Balaban J connectivity index is 2.63. The van der Waals surface area contributed by atoms with Crippen molar-refractivity contribution >= 4 is 17.6 Å². The molecule has 0 aliphatic carbocycles. The Kier molecular flexibility index (Phi) is 3.11. The molecule has 64 valence electrons. The van der Waals surface area contributed by atoms with E-state index in [4.69, 9.17) is 16.3 Å². The average molecular weight is 185 g/mol. The molecule has 1 aromatic rings. The second kappa shape index (κ2) is 4.12. The molecule has 0 atom stereocenters. The number of halogens is 1. The van der Waals surface area contributed by atoms with Gasteiger partial charge in [0.2, 0.25) is 0 Å². The number of benzene rings is 1. The molecular weight excluding hydrogens is 176 g/mol. The third-order valence-corrected chi connectivity index (χ3v) is 1.76. The minimum Gasteiger partial charge on any atom is -0.461 e. The molecule has 0 fully saturated rings. The van der Waals surface area contributed by atoms with Crippen LogP contribution in [0.1, 0.15) is 12.5 Å².